The summed E-state index contributed by atoms with van der Waals surface area (Å²) in [6.07, 6.45) is -0.703. The SMILES string of the molecule is COc1ccc(C(O)c2cccc(Cl)c2)cc1Br. The van der Waals surface area contributed by atoms with Crippen molar-refractivity contribution in [2.24, 2.45) is 0 Å². The van der Waals surface area contributed by atoms with Gasteiger partial charge in [-0.3, -0.25) is 0 Å². The maximum absolute atomic E-state index is 10.3. The minimum Gasteiger partial charge on any atom is -0.496 e. The van der Waals surface area contributed by atoms with E-state index < -0.39 is 6.10 Å². The van der Waals surface area contributed by atoms with Gasteiger partial charge in [0.25, 0.3) is 0 Å². The van der Waals surface area contributed by atoms with Gasteiger partial charge in [0.05, 0.1) is 11.6 Å². The van der Waals surface area contributed by atoms with Crippen molar-refractivity contribution in [3.8, 4) is 5.75 Å². The molecular formula is C14H12BrClO2. The second kappa shape index (κ2) is 5.74. The van der Waals surface area contributed by atoms with E-state index in [9.17, 15) is 5.11 Å². The van der Waals surface area contributed by atoms with Crippen LogP contribution in [0.15, 0.2) is 46.9 Å². The molecule has 0 aliphatic carbocycles. The third-order valence-electron chi connectivity index (χ3n) is 2.66. The second-order valence-corrected chi connectivity index (χ2v) is 5.14. The van der Waals surface area contributed by atoms with E-state index in [1.54, 1.807) is 19.2 Å². The van der Waals surface area contributed by atoms with Crippen LogP contribution in [0, 0.1) is 0 Å². The fraction of sp³-hybridized carbons (Fsp3) is 0.143. The molecule has 0 spiro atoms. The highest BCUT2D eigenvalue weighted by atomic mass is 79.9. The smallest absolute Gasteiger partial charge is 0.133 e. The Morgan fingerprint density at radius 3 is 2.50 bits per heavy atom. The Morgan fingerprint density at radius 2 is 1.89 bits per heavy atom. The lowest BCUT2D eigenvalue weighted by Crippen LogP contribution is -2.00. The predicted octanol–water partition coefficient (Wildman–Crippen LogP) is 4.19. The molecule has 0 bridgehead atoms. The molecule has 2 rings (SSSR count). The first kappa shape index (κ1) is 13.4. The van der Waals surface area contributed by atoms with E-state index in [4.69, 9.17) is 16.3 Å². The fourth-order valence-electron chi connectivity index (χ4n) is 1.72. The summed E-state index contributed by atoms with van der Waals surface area (Å²) in [4.78, 5) is 0. The largest absolute Gasteiger partial charge is 0.496 e. The van der Waals surface area contributed by atoms with Gasteiger partial charge in [0.2, 0.25) is 0 Å². The number of aliphatic hydroxyl groups excluding tert-OH is 1. The van der Waals surface area contributed by atoms with Crippen molar-refractivity contribution in [3.05, 3.63) is 63.1 Å². The van der Waals surface area contributed by atoms with E-state index in [1.807, 2.05) is 30.3 Å². The number of hydrogen-bond acceptors (Lipinski definition) is 2. The number of aliphatic hydroxyl groups is 1. The Balaban J connectivity index is 2.34. The Labute approximate surface area is 119 Å². The summed E-state index contributed by atoms with van der Waals surface area (Å²) in [5.74, 6) is 0.733. The second-order valence-electron chi connectivity index (χ2n) is 3.85. The Morgan fingerprint density at radius 1 is 1.17 bits per heavy atom. The molecule has 2 aromatic carbocycles. The van der Waals surface area contributed by atoms with E-state index in [0.29, 0.717) is 5.02 Å². The minimum absolute atomic E-state index is 0.610. The highest BCUT2D eigenvalue weighted by molar-refractivity contribution is 9.10. The van der Waals surface area contributed by atoms with Gasteiger partial charge in [0, 0.05) is 5.02 Å². The summed E-state index contributed by atoms with van der Waals surface area (Å²) in [7, 11) is 1.60. The number of methoxy groups -OCH3 is 1. The summed E-state index contributed by atoms with van der Waals surface area (Å²) < 4.78 is 5.96. The van der Waals surface area contributed by atoms with Gasteiger partial charge in [-0.2, -0.15) is 0 Å². The molecule has 0 aliphatic heterocycles. The number of ether oxygens (including phenoxy) is 1. The van der Waals surface area contributed by atoms with Crippen LogP contribution in [-0.2, 0) is 0 Å². The van der Waals surface area contributed by atoms with Crippen LogP contribution in [0.5, 0.6) is 5.75 Å². The van der Waals surface area contributed by atoms with E-state index in [1.165, 1.54) is 0 Å². The van der Waals surface area contributed by atoms with Crippen LogP contribution in [0.3, 0.4) is 0 Å². The fourth-order valence-corrected chi connectivity index (χ4v) is 2.48. The summed E-state index contributed by atoms with van der Waals surface area (Å²) in [6, 6.07) is 12.7. The standard InChI is InChI=1S/C14H12BrClO2/c1-18-13-6-5-10(8-12(13)15)14(17)9-3-2-4-11(16)7-9/h2-8,14,17H,1H3. The van der Waals surface area contributed by atoms with Crippen molar-refractivity contribution in [2.45, 2.75) is 6.10 Å². The summed E-state index contributed by atoms with van der Waals surface area (Å²) in [5.41, 5.74) is 1.55. The normalized spacial score (nSPS) is 12.2. The lowest BCUT2D eigenvalue weighted by atomic mass is 10.0. The maximum atomic E-state index is 10.3. The van der Waals surface area contributed by atoms with E-state index in [2.05, 4.69) is 15.9 Å². The molecule has 0 saturated carbocycles. The number of halogens is 2. The Hall–Kier alpha value is -1.03. The highest BCUT2D eigenvalue weighted by Crippen LogP contribution is 2.31. The molecular weight excluding hydrogens is 316 g/mol. The molecule has 4 heteroatoms. The minimum atomic E-state index is -0.703. The number of rotatable bonds is 3. The predicted molar refractivity (Wildman–Crippen MR) is 76.2 cm³/mol. The molecule has 18 heavy (non-hydrogen) atoms. The molecule has 0 amide bonds. The number of benzene rings is 2. The zero-order valence-electron chi connectivity index (χ0n) is 9.73. The van der Waals surface area contributed by atoms with E-state index >= 15 is 0 Å². The summed E-state index contributed by atoms with van der Waals surface area (Å²) in [5, 5.41) is 10.9. The molecule has 1 N–H and O–H groups in total. The van der Waals surface area contributed by atoms with E-state index in [0.717, 1.165) is 21.3 Å². The van der Waals surface area contributed by atoms with Crippen LogP contribution in [0.4, 0.5) is 0 Å². The molecule has 2 nitrogen and oxygen atoms in total. The van der Waals surface area contributed by atoms with Crippen molar-refractivity contribution in [1.29, 1.82) is 0 Å². The van der Waals surface area contributed by atoms with Gasteiger partial charge in [-0.05, 0) is 51.3 Å². The van der Waals surface area contributed by atoms with Crippen LogP contribution in [0.2, 0.25) is 5.02 Å². The molecule has 0 radical (unpaired) electrons. The van der Waals surface area contributed by atoms with Crippen LogP contribution < -0.4 is 4.74 Å². The van der Waals surface area contributed by atoms with Gasteiger partial charge >= 0.3 is 0 Å². The van der Waals surface area contributed by atoms with Crippen molar-refractivity contribution in [1.82, 2.24) is 0 Å². The Bertz CT molecular complexity index is 557. The van der Waals surface area contributed by atoms with Crippen LogP contribution >= 0.6 is 27.5 Å². The molecule has 1 atom stereocenters. The lowest BCUT2D eigenvalue weighted by molar-refractivity contribution is 0.220. The van der Waals surface area contributed by atoms with Gasteiger partial charge < -0.3 is 9.84 Å². The van der Waals surface area contributed by atoms with Crippen LogP contribution in [0.25, 0.3) is 0 Å². The highest BCUT2D eigenvalue weighted by Gasteiger charge is 2.12. The van der Waals surface area contributed by atoms with Crippen molar-refractivity contribution < 1.29 is 9.84 Å². The lowest BCUT2D eigenvalue weighted by Gasteiger charge is -2.13. The first-order valence-electron chi connectivity index (χ1n) is 5.39. The summed E-state index contributed by atoms with van der Waals surface area (Å²) in [6.45, 7) is 0. The van der Waals surface area contributed by atoms with Gasteiger partial charge in [-0.15, -0.1) is 0 Å². The van der Waals surface area contributed by atoms with Crippen molar-refractivity contribution in [2.75, 3.05) is 7.11 Å². The Kier molecular flexibility index (Phi) is 4.27. The zero-order valence-corrected chi connectivity index (χ0v) is 12.1. The molecule has 0 heterocycles. The molecule has 2 aromatic rings. The van der Waals surface area contributed by atoms with E-state index in [-0.39, 0.29) is 0 Å². The van der Waals surface area contributed by atoms with Gasteiger partial charge in [-0.1, -0.05) is 29.8 Å². The maximum Gasteiger partial charge on any atom is 0.133 e. The third-order valence-corrected chi connectivity index (χ3v) is 3.51. The van der Waals surface area contributed by atoms with Gasteiger partial charge in [0.1, 0.15) is 11.9 Å². The molecule has 0 aliphatic rings. The van der Waals surface area contributed by atoms with Gasteiger partial charge in [0.15, 0.2) is 0 Å². The molecule has 0 fully saturated rings. The average molecular weight is 328 g/mol. The van der Waals surface area contributed by atoms with Gasteiger partial charge in [-0.25, -0.2) is 0 Å². The molecule has 94 valence electrons. The number of hydrogen-bond donors (Lipinski definition) is 1. The molecule has 1 unspecified atom stereocenters. The summed E-state index contributed by atoms with van der Waals surface area (Å²) >= 11 is 9.32. The quantitative estimate of drug-likeness (QED) is 0.916. The topological polar surface area (TPSA) is 29.5 Å². The van der Waals surface area contributed by atoms with Crippen molar-refractivity contribution >= 4 is 27.5 Å². The van der Waals surface area contributed by atoms with Crippen LogP contribution in [-0.4, -0.2) is 12.2 Å². The third kappa shape index (κ3) is 2.86. The average Bonchev–Trinajstić information content (AvgIpc) is 2.37. The first-order chi connectivity index (χ1) is 8.61. The molecule has 0 aromatic heterocycles. The van der Waals surface area contributed by atoms with Crippen molar-refractivity contribution in [3.63, 3.8) is 0 Å². The zero-order chi connectivity index (χ0) is 13.1. The molecule has 0 saturated heterocycles. The first-order valence-corrected chi connectivity index (χ1v) is 6.56. The monoisotopic (exact) mass is 326 g/mol. The van der Waals surface area contributed by atoms with Crippen LogP contribution in [0.1, 0.15) is 17.2 Å².